The second kappa shape index (κ2) is 5.21. The molecule has 2 saturated heterocycles. The van der Waals surface area contributed by atoms with E-state index in [4.69, 9.17) is 14.6 Å². The number of nitrogens with zero attached hydrogens (tertiary/aromatic N) is 2. The maximum Gasteiger partial charge on any atom is 0.414 e. The number of anilines is 2. The van der Waals surface area contributed by atoms with Gasteiger partial charge in [0.15, 0.2) is 0 Å². The van der Waals surface area contributed by atoms with Crippen LogP contribution in [0.3, 0.4) is 0 Å². The second-order valence-corrected chi connectivity index (χ2v) is 4.70. The van der Waals surface area contributed by atoms with E-state index in [1.807, 2.05) is 0 Å². The van der Waals surface area contributed by atoms with Crippen LogP contribution in [0.15, 0.2) is 18.2 Å². The van der Waals surface area contributed by atoms with Gasteiger partial charge in [-0.3, -0.25) is 9.80 Å². The third-order valence-corrected chi connectivity index (χ3v) is 3.37. The van der Waals surface area contributed by atoms with Crippen LogP contribution < -0.4 is 9.80 Å². The molecule has 2 aliphatic rings. The first kappa shape index (κ1) is 13.6. The number of aliphatic hydroxyl groups is 1. The first-order valence-electron chi connectivity index (χ1n) is 6.43. The third kappa shape index (κ3) is 2.38. The van der Waals surface area contributed by atoms with Crippen molar-refractivity contribution < 1.29 is 28.6 Å². The Bertz CT molecular complexity index is 594. The number of aliphatic hydroxyl groups excluding tert-OH is 1. The van der Waals surface area contributed by atoms with Crippen molar-refractivity contribution in [3.8, 4) is 0 Å². The average Bonchev–Trinajstić information content (AvgIpc) is 3.05. The lowest BCUT2D eigenvalue weighted by Gasteiger charge is -2.17. The quantitative estimate of drug-likeness (QED) is 0.903. The van der Waals surface area contributed by atoms with E-state index in [-0.39, 0.29) is 25.4 Å². The van der Waals surface area contributed by atoms with Crippen molar-refractivity contribution >= 4 is 23.6 Å². The highest BCUT2D eigenvalue weighted by Crippen LogP contribution is 2.29. The van der Waals surface area contributed by atoms with E-state index in [2.05, 4.69) is 0 Å². The van der Waals surface area contributed by atoms with Gasteiger partial charge in [-0.1, -0.05) is 0 Å². The lowest BCUT2D eigenvalue weighted by molar-refractivity contribution is 0.0963. The number of benzene rings is 1. The number of amides is 2. The molecule has 0 bridgehead atoms. The monoisotopic (exact) mass is 296 g/mol. The minimum Gasteiger partial charge on any atom is -0.447 e. The van der Waals surface area contributed by atoms with Crippen molar-refractivity contribution in [2.45, 2.75) is 6.10 Å². The molecule has 8 heteroatoms. The maximum atomic E-state index is 14.2. The molecule has 0 aromatic heterocycles. The maximum absolute atomic E-state index is 14.2. The first-order valence-corrected chi connectivity index (χ1v) is 6.43. The molecule has 2 amide bonds. The van der Waals surface area contributed by atoms with Crippen LogP contribution >= 0.6 is 0 Å². The molecule has 2 aliphatic heterocycles. The predicted molar refractivity (Wildman–Crippen MR) is 69.8 cm³/mol. The van der Waals surface area contributed by atoms with Crippen LogP contribution in [-0.4, -0.2) is 49.7 Å². The van der Waals surface area contributed by atoms with Crippen molar-refractivity contribution in [3.63, 3.8) is 0 Å². The van der Waals surface area contributed by atoms with Gasteiger partial charge in [0.05, 0.1) is 31.1 Å². The zero-order chi connectivity index (χ0) is 15.0. The standard InChI is InChI=1S/C13H13FN2O5/c14-10-5-8(15-3-4-20-12(15)18)1-2-11(10)16-6-9(7-17)21-13(16)19/h1-2,5,9,17H,3-4,6-7H2/t9-/m1/s1. The summed E-state index contributed by atoms with van der Waals surface area (Å²) in [4.78, 5) is 25.5. The lowest BCUT2D eigenvalue weighted by atomic mass is 10.2. The molecule has 0 spiro atoms. The number of rotatable bonds is 3. The zero-order valence-corrected chi connectivity index (χ0v) is 11.0. The van der Waals surface area contributed by atoms with E-state index >= 15 is 0 Å². The molecule has 0 radical (unpaired) electrons. The van der Waals surface area contributed by atoms with Gasteiger partial charge in [0.2, 0.25) is 0 Å². The number of cyclic esters (lactones) is 2. The largest absolute Gasteiger partial charge is 0.447 e. The predicted octanol–water partition coefficient (Wildman–Crippen LogP) is 1.10. The molecule has 7 nitrogen and oxygen atoms in total. The fraction of sp³-hybridized carbons (Fsp3) is 0.385. The van der Waals surface area contributed by atoms with Crippen molar-refractivity contribution in [2.24, 2.45) is 0 Å². The van der Waals surface area contributed by atoms with E-state index in [1.165, 1.54) is 23.1 Å². The second-order valence-electron chi connectivity index (χ2n) is 4.70. The molecule has 0 aliphatic carbocycles. The molecule has 112 valence electrons. The van der Waals surface area contributed by atoms with Crippen LogP contribution in [0.25, 0.3) is 0 Å². The fourth-order valence-electron chi connectivity index (χ4n) is 2.32. The highest BCUT2D eigenvalue weighted by molar-refractivity contribution is 5.92. The molecule has 0 saturated carbocycles. The molecule has 2 heterocycles. The number of carbonyl (C=O) groups excluding carboxylic acids is 2. The Labute approximate surface area is 119 Å². The highest BCUT2D eigenvalue weighted by atomic mass is 19.1. The highest BCUT2D eigenvalue weighted by Gasteiger charge is 2.34. The molecule has 0 unspecified atom stereocenters. The van der Waals surface area contributed by atoms with Crippen molar-refractivity contribution in [1.29, 1.82) is 0 Å². The van der Waals surface area contributed by atoms with Gasteiger partial charge in [-0.25, -0.2) is 14.0 Å². The van der Waals surface area contributed by atoms with Gasteiger partial charge in [0.1, 0.15) is 18.5 Å². The normalized spacial score (nSPS) is 21.7. The summed E-state index contributed by atoms with van der Waals surface area (Å²) in [6.45, 7) is 0.383. The van der Waals surface area contributed by atoms with E-state index in [0.717, 1.165) is 4.90 Å². The summed E-state index contributed by atoms with van der Waals surface area (Å²) >= 11 is 0. The smallest absolute Gasteiger partial charge is 0.414 e. The molecule has 1 aromatic rings. The third-order valence-electron chi connectivity index (χ3n) is 3.37. The topological polar surface area (TPSA) is 79.3 Å². The summed E-state index contributed by atoms with van der Waals surface area (Å²) < 4.78 is 23.8. The SMILES string of the molecule is O=C1OCCN1c1ccc(N2C[C@H](CO)OC2=O)c(F)c1. The van der Waals surface area contributed by atoms with Crippen molar-refractivity contribution in [1.82, 2.24) is 0 Å². The number of hydrogen-bond acceptors (Lipinski definition) is 5. The summed E-state index contributed by atoms with van der Waals surface area (Å²) in [6.07, 6.45) is -1.89. The Balaban J connectivity index is 1.85. The van der Waals surface area contributed by atoms with Crippen molar-refractivity contribution in [3.05, 3.63) is 24.0 Å². The Hall–Kier alpha value is -2.35. The summed E-state index contributed by atoms with van der Waals surface area (Å²) in [5.41, 5.74) is 0.414. The van der Waals surface area contributed by atoms with E-state index in [1.54, 1.807) is 0 Å². The van der Waals surface area contributed by atoms with Crippen LogP contribution in [-0.2, 0) is 9.47 Å². The summed E-state index contributed by atoms with van der Waals surface area (Å²) in [5, 5.41) is 8.98. The van der Waals surface area contributed by atoms with Crippen LogP contribution in [0.4, 0.5) is 25.4 Å². The van der Waals surface area contributed by atoms with Crippen LogP contribution in [0.2, 0.25) is 0 Å². The Morgan fingerprint density at radius 2 is 2.10 bits per heavy atom. The Morgan fingerprint density at radius 3 is 2.67 bits per heavy atom. The van der Waals surface area contributed by atoms with Gasteiger partial charge in [-0.05, 0) is 18.2 Å². The Morgan fingerprint density at radius 1 is 1.29 bits per heavy atom. The first-order chi connectivity index (χ1) is 10.1. The van der Waals surface area contributed by atoms with Gasteiger partial charge < -0.3 is 14.6 Å². The zero-order valence-electron chi connectivity index (χ0n) is 11.0. The molecular formula is C13H13FN2O5. The van der Waals surface area contributed by atoms with Crippen molar-refractivity contribution in [2.75, 3.05) is 36.1 Å². The summed E-state index contributed by atoms with van der Waals surface area (Å²) in [6, 6.07) is 4.10. The van der Waals surface area contributed by atoms with Crippen LogP contribution in [0, 0.1) is 5.82 Å². The summed E-state index contributed by atoms with van der Waals surface area (Å²) in [5.74, 6) is -0.650. The lowest BCUT2D eigenvalue weighted by Crippen LogP contribution is -2.27. The average molecular weight is 296 g/mol. The van der Waals surface area contributed by atoms with Gasteiger partial charge in [-0.2, -0.15) is 0 Å². The van der Waals surface area contributed by atoms with E-state index < -0.39 is 24.1 Å². The number of ether oxygens (including phenoxy) is 2. The van der Waals surface area contributed by atoms with Gasteiger partial charge in [0.25, 0.3) is 0 Å². The van der Waals surface area contributed by atoms with Gasteiger partial charge >= 0.3 is 12.2 Å². The fourth-order valence-corrected chi connectivity index (χ4v) is 2.32. The minimum absolute atomic E-state index is 0.0484. The number of halogens is 1. The van der Waals surface area contributed by atoms with E-state index in [9.17, 15) is 14.0 Å². The van der Waals surface area contributed by atoms with Crippen LogP contribution in [0.1, 0.15) is 0 Å². The molecule has 1 aromatic carbocycles. The molecule has 1 N–H and O–H groups in total. The van der Waals surface area contributed by atoms with E-state index in [0.29, 0.717) is 12.2 Å². The minimum atomic E-state index is -0.707. The number of hydrogen-bond donors (Lipinski definition) is 1. The van der Waals surface area contributed by atoms with Crippen LogP contribution in [0.5, 0.6) is 0 Å². The molecular weight excluding hydrogens is 283 g/mol. The molecule has 2 fully saturated rings. The summed E-state index contributed by atoms with van der Waals surface area (Å²) in [7, 11) is 0. The van der Waals surface area contributed by atoms with Gasteiger partial charge in [-0.15, -0.1) is 0 Å². The number of carbonyl (C=O) groups is 2. The van der Waals surface area contributed by atoms with Gasteiger partial charge in [0, 0.05) is 0 Å². The molecule has 21 heavy (non-hydrogen) atoms. The molecule has 1 atom stereocenters. The Kier molecular flexibility index (Phi) is 3.38. The molecule has 3 rings (SSSR count).